The summed E-state index contributed by atoms with van der Waals surface area (Å²) in [5.74, 6) is 1.96. The zero-order valence-corrected chi connectivity index (χ0v) is 15.0. The van der Waals surface area contributed by atoms with Crippen LogP contribution in [-0.2, 0) is 9.09 Å². The second kappa shape index (κ2) is 6.80. The molecule has 0 spiro atoms. The van der Waals surface area contributed by atoms with E-state index in [0.717, 1.165) is 17.1 Å². The minimum absolute atomic E-state index is 0.383. The van der Waals surface area contributed by atoms with Gasteiger partial charge in [-0.2, -0.15) is 0 Å². The molecule has 0 aliphatic carbocycles. The molecule has 0 saturated carbocycles. The topological polar surface area (TPSA) is 48.0 Å². The lowest BCUT2D eigenvalue weighted by molar-refractivity contribution is 0.414. The van der Waals surface area contributed by atoms with E-state index in [0.29, 0.717) is 18.0 Å². The molecule has 24 heavy (non-hydrogen) atoms. The van der Waals surface area contributed by atoms with Crippen LogP contribution in [0.1, 0.15) is 5.56 Å². The van der Waals surface area contributed by atoms with E-state index in [1.807, 2.05) is 30.3 Å². The van der Waals surface area contributed by atoms with Gasteiger partial charge >= 0.3 is 6.87 Å². The molecule has 1 aliphatic rings. The van der Waals surface area contributed by atoms with Crippen LogP contribution < -0.4 is 14.1 Å². The Hall–Kier alpha value is -2.10. The van der Waals surface area contributed by atoms with E-state index < -0.39 is 6.87 Å². The maximum atomic E-state index is 12.8. The third-order valence-corrected chi connectivity index (χ3v) is 5.84. The first kappa shape index (κ1) is 16.7. The molecule has 2 aromatic rings. The van der Waals surface area contributed by atoms with E-state index in [9.17, 15) is 4.57 Å². The predicted molar refractivity (Wildman–Crippen MR) is 95.9 cm³/mol. The largest absolute Gasteiger partial charge is 0.497 e. The lowest BCUT2D eigenvalue weighted by Gasteiger charge is -2.32. The highest BCUT2D eigenvalue weighted by molar-refractivity contribution is 7.86. The Morgan fingerprint density at radius 3 is 2.04 bits per heavy atom. The van der Waals surface area contributed by atoms with Crippen LogP contribution in [0.15, 0.2) is 54.6 Å². The first-order chi connectivity index (χ1) is 11.5. The summed E-state index contributed by atoms with van der Waals surface area (Å²) >= 11 is 6.21. The van der Waals surface area contributed by atoms with Gasteiger partial charge in [0.2, 0.25) is 0 Å². The van der Waals surface area contributed by atoms with Crippen molar-refractivity contribution < 1.29 is 18.6 Å². The van der Waals surface area contributed by atoms with Crippen LogP contribution in [0.25, 0.3) is 5.76 Å². The van der Waals surface area contributed by atoms with Crippen molar-refractivity contribution in [2.75, 3.05) is 25.4 Å². The number of anilines is 1. The number of rotatable bonds is 4. The highest BCUT2D eigenvalue weighted by Crippen LogP contribution is 2.62. The van der Waals surface area contributed by atoms with Gasteiger partial charge in [-0.25, -0.2) is 4.57 Å². The van der Waals surface area contributed by atoms with Gasteiger partial charge in [0.05, 0.1) is 20.8 Å². The van der Waals surface area contributed by atoms with E-state index in [4.69, 9.17) is 25.2 Å². The molecule has 2 aromatic carbocycles. The molecule has 0 aromatic heterocycles. The number of ether oxygens (including phenoxy) is 2. The van der Waals surface area contributed by atoms with Crippen LogP contribution in [0.3, 0.4) is 0 Å². The Kier molecular flexibility index (Phi) is 4.74. The van der Waals surface area contributed by atoms with Gasteiger partial charge < -0.3 is 14.0 Å². The van der Waals surface area contributed by atoms with E-state index in [-0.39, 0.29) is 0 Å². The maximum absolute atomic E-state index is 12.8. The van der Waals surface area contributed by atoms with Crippen LogP contribution in [-0.4, -0.2) is 20.8 Å². The first-order valence-corrected chi connectivity index (χ1v) is 9.78. The van der Waals surface area contributed by atoms with Gasteiger partial charge in [-0.1, -0.05) is 0 Å². The van der Waals surface area contributed by atoms with Crippen molar-refractivity contribution >= 4 is 29.6 Å². The molecule has 1 unspecified atom stereocenters. The fraction of sp³-hybridized carbons (Fsp3) is 0.176. The number of methoxy groups -OCH3 is 2. The fourth-order valence-corrected chi connectivity index (χ4v) is 4.28. The lowest BCUT2D eigenvalue weighted by Crippen LogP contribution is -2.22. The summed E-state index contributed by atoms with van der Waals surface area (Å²) < 4.78 is 30.2. The minimum Gasteiger partial charge on any atom is -0.497 e. The molecular formula is C17H17ClNO4P. The van der Waals surface area contributed by atoms with Gasteiger partial charge in [0, 0.05) is 22.5 Å². The highest BCUT2D eigenvalue weighted by Gasteiger charge is 2.35. The van der Waals surface area contributed by atoms with E-state index in [1.165, 1.54) is 0 Å². The van der Waals surface area contributed by atoms with Crippen LogP contribution in [0, 0.1) is 0 Å². The minimum atomic E-state index is -3.52. The quantitative estimate of drug-likeness (QED) is 0.719. The summed E-state index contributed by atoms with van der Waals surface area (Å²) in [6, 6.07) is 14.5. The first-order valence-electron chi connectivity index (χ1n) is 7.29. The molecular weight excluding hydrogens is 349 g/mol. The Morgan fingerprint density at radius 2 is 1.54 bits per heavy atom. The summed E-state index contributed by atoms with van der Waals surface area (Å²) in [6.45, 7) is -3.13. The average Bonchev–Trinajstić information content (AvgIpc) is 2.61. The lowest BCUT2D eigenvalue weighted by atomic mass is 10.1. The second-order valence-corrected chi connectivity index (χ2v) is 7.97. The number of benzene rings is 2. The molecule has 5 nitrogen and oxygen atoms in total. The highest BCUT2D eigenvalue weighted by atomic mass is 35.7. The number of hydrogen-bond acceptors (Lipinski definition) is 4. The van der Waals surface area contributed by atoms with E-state index in [1.54, 1.807) is 43.2 Å². The monoisotopic (exact) mass is 365 g/mol. The Morgan fingerprint density at radius 1 is 1.00 bits per heavy atom. The summed E-state index contributed by atoms with van der Waals surface area (Å²) in [4.78, 5) is 0. The van der Waals surface area contributed by atoms with E-state index in [2.05, 4.69) is 0 Å². The third-order valence-electron chi connectivity index (χ3n) is 3.69. The van der Waals surface area contributed by atoms with Crippen molar-refractivity contribution in [1.29, 1.82) is 0 Å². The Labute approximate surface area is 145 Å². The molecule has 0 bridgehead atoms. The van der Waals surface area contributed by atoms with E-state index >= 15 is 0 Å². The van der Waals surface area contributed by atoms with Crippen molar-refractivity contribution in [1.82, 2.24) is 0 Å². The van der Waals surface area contributed by atoms with Gasteiger partial charge in [0.25, 0.3) is 0 Å². The maximum Gasteiger partial charge on any atom is 0.438 e. The van der Waals surface area contributed by atoms with Gasteiger partial charge in [-0.3, -0.25) is 4.67 Å². The molecule has 3 rings (SSSR count). The zero-order valence-electron chi connectivity index (χ0n) is 13.3. The van der Waals surface area contributed by atoms with Crippen LogP contribution in [0.2, 0.25) is 0 Å². The summed E-state index contributed by atoms with van der Waals surface area (Å²) in [6.07, 6.45) is 1.85. The molecule has 0 N–H and O–H groups in total. The molecule has 126 valence electrons. The summed E-state index contributed by atoms with van der Waals surface area (Å²) in [5, 5.41) is 0. The molecule has 1 atom stereocenters. The number of halogens is 1. The van der Waals surface area contributed by atoms with Crippen molar-refractivity contribution in [3.05, 3.63) is 60.2 Å². The van der Waals surface area contributed by atoms with Crippen LogP contribution in [0.4, 0.5) is 5.69 Å². The molecule has 1 heterocycles. The van der Waals surface area contributed by atoms with Crippen LogP contribution in [0.5, 0.6) is 11.5 Å². The summed E-state index contributed by atoms with van der Waals surface area (Å²) in [5.41, 5.74) is 1.50. The standard InChI is InChI=1S/C17H17ClNO4P/c1-21-15-7-3-13(4-8-15)17-11-12-19(24(18,20)23-17)14-5-9-16(22-2)10-6-14/h3-11H,12H2,1-2H3. The number of hydrogen-bond donors (Lipinski definition) is 0. The fourth-order valence-electron chi connectivity index (χ4n) is 2.40. The van der Waals surface area contributed by atoms with Gasteiger partial charge in [-0.15, -0.1) is 0 Å². The molecule has 0 fully saturated rings. The second-order valence-electron chi connectivity index (χ2n) is 5.12. The third kappa shape index (κ3) is 3.37. The smallest absolute Gasteiger partial charge is 0.438 e. The summed E-state index contributed by atoms with van der Waals surface area (Å²) in [7, 11) is 3.19. The van der Waals surface area contributed by atoms with Crippen molar-refractivity contribution in [2.24, 2.45) is 0 Å². The van der Waals surface area contributed by atoms with Crippen LogP contribution >= 0.6 is 18.1 Å². The molecule has 0 radical (unpaired) electrons. The molecule has 0 saturated heterocycles. The average molecular weight is 366 g/mol. The Bertz CT molecular complexity index is 789. The van der Waals surface area contributed by atoms with Gasteiger partial charge in [-0.05, 0) is 54.6 Å². The van der Waals surface area contributed by atoms with Crippen molar-refractivity contribution in [3.63, 3.8) is 0 Å². The predicted octanol–water partition coefficient (Wildman–Crippen LogP) is 4.93. The number of nitrogens with zero attached hydrogens (tertiary/aromatic N) is 1. The normalized spacial score (nSPS) is 20.1. The molecule has 1 aliphatic heterocycles. The Balaban J connectivity index is 1.85. The van der Waals surface area contributed by atoms with Crippen molar-refractivity contribution in [3.8, 4) is 11.5 Å². The molecule has 0 amide bonds. The van der Waals surface area contributed by atoms with Gasteiger partial charge in [0.1, 0.15) is 17.3 Å². The van der Waals surface area contributed by atoms with Gasteiger partial charge in [0.15, 0.2) is 0 Å². The zero-order chi connectivity index (χ0) is 17.2. The molecule has 7 heteroatoms. The van der Waals surface area contributed by atoms with Crippen molar-refractivity contribution in [2.45, 2.75) is 0 Å². The SMILES string of the molecule is COc1ccc(C2=CCN(c3ccc(OC)cc3)P(=O)(Cl)O2)cc1.